The molecule has 2 aromatic rings. The summed E-state index contributed by atoms with van der Waals surface area (Å²) in [5.74, 6) is -0.386. The van der Waals surface area contributed by atoms with Gasteiger partial charge in [-0.15, -0.1) is 0 Å². The monoisotopic (exact) mass is 292 g/mol. The zero-order valence-electron chi connectivity index (χ0n) is 11.7. The van der Waals surface area contributed by atoms with Crippen molar-refractivity contribution in [2.24, 2.45) is 0 Å². The van der Waals surface area contributed by atoms with Gasteiger partial charge in [0.15, 0.2) is 0 Å². The van der Waals surface area contributed by atoms with E-state index in [4.69, 9.17) is 11.6 Å². The quantitative estimate of drug-likeness (QED) is 0.880. The van der Waals surface area contributed by atoms with Crippen LogP contribution in [0.2, 0.25) is 5.02 Å². The maximum absolute atomic E-state index is 13.8. The molecule has 0 aromatic heterocycles. The molecule has 1 atom stereocenters. The Balaban J connectivity index is 2.30. The van der Waals surface area contributed by atoms with Gasteiger partial charge in [-0.1, -0.05) is 48.9 Å². The normalized spacial score (nSPS) is 14.1. The van der Waals surface area contributed by atoms with Gasteiger partial charge >= 0.3 is 0 Å². The molecule has 0 aliphatic carbocycles. The standard InChI is InChI=1S/C17H18ClFO/c1-3-12-7-9-13(10-8-12)17(2,20)11-14-15(18)5-4-6-16(14)19/h4-10,20H,3,11H2,1-2H3. The number of hydrogen-bond acceptors (Lipinski definition) is 1. The van der Waals surface area contributed by atoms with E-state index in [2.05, 4.69) is 6.92 Å². The van der Waals surface area contributed by atoms with Crippen molar-refractivity contribution >= 4 is 11.6 Å². The lowest BCUT2D eigenvalue weighted by atomic mass is 9.88. The first-order valence-electron chi connectivity index (χ1n) is 6.68. The Hall–Kier alpha value is -1.38. The van der Waals surface area contributed by atoms with E-state index in [9.17, 15) is 9.50 Å². The summed E-state index contributed by atoms with van der Waals surface area (Å²) < 4.78 is 13.8. The number of aryl methyl sites for hydroxylation is 1. The first-order chi connectivity index (χ1) is 9.44. The molecule has 2 rings (SSSR count). The van der Waals surface area contributed by atoms with Crippen LogP contribution in [0.1, 0.15) is 30.5 Å². The molecule has 1 nitrogen and oxygen atoms in total. The Kier molecular flexibility index (Phi) is 4.46. The number of aliphatic hydroxyl groups is 1. The van der Waals surface area contributed by atoms with Crippen LogP contribution in [-0.2, 0) is 18.4 Å². The Labute approximate surface area is 124 Å². The van der Waals surface area contributed by atoms with Crippen LogP contribution in [-0.4, -0.2) is 5.11 Å². The second kappa shape index (κ2) is 5.94. The minimum Gasteiger partial charge on any atom is -0.385 e. The molecule has 0 fully saturated rings. The Morgan fingerprint density at radius 3 is 2.35 bits per heavy atom. The van der Waals surface area contributed by atoms with Crippen molar-refractivity contribution in [3.8, 4) is 0 Å². The van der Waals surface area contributed by atoms with Gasteiger partial charge in [-0.2, -0.15) is 0 Å². The van der Waals surface area contributed by atoms with Crippen LogP contribution >= 0.6 is 11.6 Å². The summed E-state index contributed by atoms with van der Waals surface area (Å²) in [6.07, 6.45) is 1.09. The minimum absolute atomic E-state index is 0.143. The molecule has 0 amide bonds. The molecule has 0 saturated heterocycles. The van der Waals surface area contributed by atoms with Crippen LogP contribution < -0.4 is 0 Å². The van der Waals surface area contributed by atoms with Gasteiger partial charge in [0.05, 0.1) is 5.60 Å². The average Bonchev–Trinajstić information content (AvgIpc) is 2.43. The molecule has 0 saturated carbocycles. The molecule has 1 N–H and O–H groups in total. The molecule has 20 heavy (non-hydrogen) atoms. The largest absolute Gasteiger partial charge is 0.385 e. The van der Waals surface area contributed by atoms with E-state index in [1.807, 2.05) is 24.3 Å². The number of halogens is 2. The van der Waals surface area contributed by atoms with Gasteiger partial charge in [0.2, 0.25) is 0 Å². The van der Waals surface area contributed by atoms with E-state index in [-0.39, 0.29) is 12.2 Å². The molecule has 0 bridgehead atoms. The van der Waals surface area contributed by atoms with Crippen molar-refractivity contribution in [3.63, 3.8) is 0 Å². The third-order valence-corrected chi connectivity index (χ3v) is 3.92. The lowest BCUT2D eigenvalue weighted by molar-refractivity contribution is 0.0567. The highest BCUT2D eigenvalue weighted by Crippen LogP contribution is 2.30. The van der Waals surface area contributed by atoms with Gasteiger partial charge < -0.3 is 5.11 Å². The van der Waals surface area contributed by atoms with Gasteiger partial charge in [-0.3, -0.25) is 0 Å². The fourth-order valence-corrected chi connectivity index (χ4v) is 2.48. The molecule has 3 heteroatoms. The molecule has 106 valence electrons. The van der Waals surface area contributed by atoms with Gasteiger partial charge in [-0.25, -0.2) is 4.39 Å². The lowest BCUT2D eigenvalue weighted by Gasteiger charge is -2.25. The molecule has 0 aliphatic rings. The van der Waals surface area contributed by atoms with Crippen LogP contribution in [0.15, 0.2) is 42.5 Å². The Bertz CT molecular complexity index is 570. The fraction of sp³-hybridized carbons (Fsp3) is 0.294. The van der Waals surface area contributed by atoms with E-state index < -0.39 is 5.60 Å². The summed E-state index contributed by atoms with van der Waals surface area (Å²) in [4.78, 5) is 0. The maximum Gasteiger partial charge on any atom is 0.128 e. The molecule has 2 aromatic carbocycles. The molecule has 0 heterocycles. The SMILES string of the molecule is CCc1ccc(C(C)(O)Cc2c(F)cccc2Cl)cc1. The highest BCUT2D eigenvalue weighted by Gasteiger charge is 2.26. The third kappa shape index (κ3) is 3.20. The van der Waals surface area contributed by atoms with E-state index in [1.165, 1.54) is 11.6 Å². The topological polar surface area (TPSA) is 20.2 Å². The second-order valence-electron chi connectivity index (χ2n) is 5.20. The smallest absolute Gasteiger partial charge is 0.128 e. The van der Waals surface area contributed by atoms with Crippen molar-refractivity contribution in [1.82, 2.24) is 0 Å². The predicted molar refractivity (Wildman–Crippen MR) is 80.5 cm³/mol. The average molecular weight is 293 g/mol. The lowest BCUT2D eigenvalue weighted by Crippen LogP contribution is -2.25. The van der Waals surface area contributed by atoms with Crippen molar-refractivity contribution in [1.29, 1.82) is 0 Å². The summed E-state index contributed by atoms with van der Waals surface area (Å²) in [6, 6.07) is 12.3. The first-order valence-corrected chi connectivity index (χ1v) is 7.06. The van der Waals surface area contributed by atoms with Crippen molar-refractivity contribution < 1.29 is 9.50 Å². The van der Waals surface area contributed by atoms with Crippen LogP contribution in [0.3, 0.4) is 0 Å². The molecule has 0 spiro atoms. The zero-order chi connectivity index (χ0) is 14.8. The van der Waals surface area contributed by atoms with E-state index in [0.717, 1.165) is 12.0 Å². The molecular weight excluding hydrogens is 275 g/mol. The number of hydrogen-bond donors (Lipinski definition) is 1. The first kappa shape index (κ1) is 15.0. The maximum atomic E-state index is 13.8. The van der Waals surface area contributed by atoms with Crippen LogP contribution in [0.25, 0.3) is 0 Å². The summed E-state index contributed by atoms with van der Waals surface area (Å²) in [5, 5.41) is 11.0. The van der Waals surface area contributed by atoms with E-state index in [1.54, 1.807) is 19.1 Å². The minimum atomic E-state index is -1.15. The fourth-order valence-electron chi connectivity index (χ4n) is 2.25. The summed E-state index contributed by atoms with van der Waals surface area (Å²) in [5.41, 5.74) is 1.15. The van der Waals surface area contributed by atoms with E-state index >= 15 is 0 Å². The summed E-state index contributed by atoms with van der Waals surface area (Å²) >= 11 is 6.02. The van der Waals surface area contributed by atoms with Gasteiger partial charge in [0.1, 0.15) is 5.82 Å². The molecular formula is C17H18ClFO. The summed E-state index contributed by atoms with van der Waals surface area (Å²) in [7, 11) is 0. The Morgan fingerprint density at radius 2 is 1.80 bits per heavy atom. The third-order valence-electron chi connectivity index (χ3n) is 3.57. The highest BCUT2D eigenvalue weighted by atomic mass is 35.5. The number of rotatable bonds is 4. The Morgan fingerprint density at radius 1 is 1.15 bits per heavy atom. The highest BCUT2D eigenvalue weighted by molar-refractivity contribution is 6.31. The zero-order valence-corrected chi connectivity index (χ0v) is 12.4. The van der Waals surface area contributed by atoms with Crippen molar-refractivity contribution in [2.45, 2.75) is 32.3 Å². The molecule has 0 radical (unpaired) electrons. The number of benzene rings is 2. The predicted octanol–water partition coefficient (Wildman–Crippen LogP) is 4.49. The van der Waals surface area contributed by atoms with Crippen molar-refractivity contribution in [2.75, 3.05) is 0 Å². The van der Waals surface area contributed by atoms with Gasteiger partial charge in [0, 0.05) is 17.0 Å². The molecule has 1 unspecified atom stereocenters. The summed E-state index contributed by atoms with van der Waals surface area (Å²) in [6.45, 7) is 3.75. The van der Waals surface area contributed by atoms with Crippen LogP contribution in [0, 0.1) is 5.82 Å². The molecule has 0 aliphatic heterocycles. The van der Waals surface area contributed by atoms with Gasteiger partial charge in [0.25, 0.3) is 0 Å². The van der Waals surface area contributed by atoms with Crippen molar-refractivity contribution in [3.05, 3.63) is 70.0 Å². The van der Waals surface area contributed by atoms with Crippen LogP contribution in [0.4, 0.5) is 4.39 Å². The second-order valence-corrected chi connectivity index (χ2v) is 5.61. The van der Waals surface area contributed by atoms with Gasteiger partial charge in [-0.05, 0) is 36.6 Å². The van der Waals surface area contributed by atoms with E-state index in [0.29, 0.717) is 10.6 Å². The van der Waals surface area contributed by atoms with Crippen LogP contribution in [0.5, 0.6) is 0 Å².